The minimum atomic E-state index is -1.12. The third kappa shape index (κ3) is 3.92. The van der Waals surface area contributed by atoms with Gasteiger partial charge >= 0.3 is 6.08 Å². The predicted molar refractivity (Wildman–Crippen MR) is 94.3 cm³/mol. The zero-order valence-electron chi connectivity index (χ0n) is 15.4. The van der Waals surface area contributed by atoms with Crippen LogP contribution in [0, 0.1) is 6.08 Å². The zero-order chi connectivity index (χ0) is 19.6. The average Bonchev–Trinajstić information content (AvgIpc) is 3.17. The Bertz CT molecular complexity index is 829. The highest BCUT2D eigenvalue weighted by Gasteiger charge is 2.45. The molecule has 2 aromatic heterocycles. The number of aliphatic hydroxyl groups excluding tert-OH is 2. The molecule has 0 saturated carbocycles. The summed E-state index contributed by atoms with van der Waals surface area (Å²) in [7, 11) is 0. The van der Waals surface area contributed by atoms with Gasteiger partial charge in [0.2, 0.25) is 5.91 Å². The fourth-order valence-electron chi connectivity index (χ4n) is 3.11. The predicted octanol–water partition coefficient (Wildman–Crippen LogP) is 1.51. The van der Waals surface area contributed by atoms with E-state index in [1.807, 2.05) is 6.92 Å². The molecule has 0 spiro atoms. The third-order valence-electron chi connectivity index (χ3n) is 4.82. The lowest BCUT2D eigenvalue weighted by Gasteiger charge is -2.24. The van der Waals surface area contributed by atoms with Crippen LogP contribution >= 0.6 is 0 Å². The molecule has 1 aliphatic rings. The number of nitrogens with one attached hydrogen (secondary N) is 1. The number of nitrogens with zero attached hydrogens (tertiary/aromatic N) is 4. The first-order valence-electron chi connectivity index (χ1n) is 9.04. The third-order valence-corrected chi connectivity index (χ3v) is 4.82. The van der Waals surface area contributed by atoms with E-state index in [0.29, 0.717) is 6.42 Å². The topological polar surface area (TPSA) is 122 Å². The summed E-state index contributed by atoms with van der Waals surface area (Å²) in [6.07, 6.45) is 1.98. The SMILES string of the molecule is CCCCCC(=O)Nc1nc(F)nc2c1ncn2[C@H]1C[C@H](O)[C@@](C)(CO)O1. The molecule has 1 amide bonds. The molecule has 0 radical (unpaired) electrons. The number of hydrogen-bond donors (Lipinski definition) is 3. The lowest BCUT2D eigenvalue weighted by molar-refractivity contribution is -0.116. The van der Waals surface area contributed by atoms with Gasteiger partial charge in [-0.3, -0.25) is 9.36 Å². The van der Waals surface area contributed by atoms with Crippen LogP contribution in [0.5, 0.6) is 0 Å². The Labute approximate surface area is 155 Å². The van der Waals surface area contributed by atoms with Crippen molar-refractivity contribution in [1.29, 1.82) is 0 Å². The Balaban J connectivity index is 1.86. The number of carbonyl (C=O) groups is 1. The molecule has 10 heteroatoms. The van der Waals surface area contributed by atoms with Crippen molar-refractivity contribution in [3.8, 4) is 0 Å². The minimum Gasteiger partial charge on any atom is -0.393 e. The Morgan fingerprint density at radius 1 is 1.48 bits per heavy atom. The first-order chi connectivity index (χ1) is 12.9. The van der Waals surface area contributed by atoms with Crippen molar-refractivity contribution in [3.05, 3.63) is 12.4 Å². The number of fused-ring (bicyclic) bond motifs is 1. The van der Waals surface area contributed by atoms with Gasteiger partial charge in [0.05, 0.1) is 19.0 Å². The first-order valence-corrected chi connectivity index (χ1v) is 9.04. The molecule has 0 aliphatic carbocycles. The Kier molecular flexibility index (Phi) is 5.68. The van der Waals surface area contributed by atoms with Crippen LogP contribution in [-0.4, -0.2) is 54.0 Å². The number of unbranched alkanes of at least 4 members (excludes halogenated alkanes) is 2. The van der Waals surface area contributed by atoms with E-state index in [2.05, 4.69) is 20.3 Å². The molecule has 2 aromatic rings. The van der Waals surface area contributed by atoms with Crippen molar-refractivity contribution in [2.75, 3.05) is 11.9 Å². The fourth-order valence-corrected chi connectivity index (χ4v) is 3.11. The Morgan fingerprint density at radius 3 is 2.93 bits per heavy atom. The van der Waals surface area contributed by atoms with Crippen LogP contribution in [0.25, 0.3) is 11.2 Å². The molecule has 1 fully saturated rings. The van der Waals surface area contributed by atoms with Gasteiger partial charge in [0.1, 0.15) is 11.8 Å². The molecule has 9 nitrogen and oxygen atoms in total. The molecule has 148 valence electrons. The van der Waals surface area contributed by atoms with E-state index in [1.54, 1.807) is 6.92 Å². The van der Waals surface area contributed by atoms with Crippen LogP contribution in [0.2, 0.25) is 0 Å². The van der Waals surface area contributed by atoms with Crippen molar-refractivity contribution < 1.29 is 24.1 Å². The van der Waals surface area contributed by atoms with Crippen LogP contribution in [0.15, 0.2) is 6.33 Å². The summed E-state index contributed by atoms with van der Waals surface area (Å²) in [6, 6.07) is 0. The Morgan fingerprint density at radius 2 is 2.26 bits per heavy atom. The molecule has 1 saturated heterocycles. The lowest BCUT2D eigenvalue weighted by Crippen LogP contribution is -2.39. The van der Waals surface area contributed by atoms with Crippen molar-refractivity contribution >= 4 is 22.9 Å². The van der Waals surface area contributed by atoms with Gasteiger partial charge in [-0.2, -0.15) is 14.4 Å². The van der Waals surface area contributed by atoms with Gasteiger partial charge in [-0.1, -0.05) is 19.8 Å². The highest BCUT2D eigenvalue weighted by molar-refractivity contribution is 5.96. The van der Waals surface area contributed by atoms with Crippen molar-refractivity contribution in [1.82, 2.24) is 19.5 Å². The van der Waals surface area contributed by atoms with Gasteiger partial charge < -0.3 is 20.3 Å². The second kappa shape index (κ2) is 7.83. The number of aliphatic hydroxyl groups is 2. The monoisotopic (exact) mass is 381 g/mol. The van der Waals surface area contributed by atoms with E-state index in [0.717, 1.165) is 19.3 Å². The number of carbonyl (C=O) groups excluding carboxylic acids is 1. The number of rotatable bonds is 7. The smallest absolute Gasteiger partial charge is 0.312 e. The summed E-state index contributed by atoms with van der Waals surface area (Å²) < 4.78 is 21.2. The van der Waals surface area contributed by atoms with Crippen LogP contribution < -0.4 is 5.32 Å². The van der Waals surface area contributed by atoms with Gasteiger partial charge in [0.15, 0.2) is 17.0 Å². The molecule has 0 bridgehead atoms. The van der Waals surface area contributed by atoms with Gasteiger partial charge in [-0.05, 0) is 13.3 Å². The molecule has 27 heavy (non-hydrogen) atoms. The van der Waals surface area contributed by atoms with Crippen molar-refractivity contribution in [2.45, 2.75) is 63.9 Å². The first kappa shape index (κ1) is 19.6. The van der Waals surface area contributed by atoms with E-state index in [-0.39, 0.29) is 35.9 Å². The number of halogens is 1. The van der Waals surface area contributed by atoms with Crippen LogP contribution in [0.3, 0.4) is 0 Å². The zero-order valence-corrected chi connectivity index (χ0v) is 15.4. The van der Waals surface area contributed by atoms with E-state index < -0.39 is 24.0 Å². The van der Waals surface area contributed by atoms with Gasteiger partial charge in [-0.15, -0.1) is 0 Å². The van der Waals surface area contributed by atoms with Gasteiger partial charge in [-0.25, -0.2) is 4.98 Å². The maximum absolute atomic E-state index is 13.9. The van der Waals surface area contributed by atoms with Crippen LogP contribution in [-0.2, 0) is 9.53 Å². The maximum atomic E-state index is 13.9. The molecular formula is C17H24FN5O4. The standard InChI is InChI=1S/C17H24FN5O4/c1-3-4-5-6-11(26)20-14-13-15(22-16(18)21-14)23(9-19-13)12-7-10(25)17(2,8-24)27-12/h9-10,12,24-25H,3-8H2,1-2H3,(H,20,21,22,26)/t10-,12+,17+/m0/s1. The number of imidazole rings is 1. The number of hydrogen-bond acceptors (Lipinski definition) is 7. The summed E-state index contributed by atoms with van der Waals surface area (Å²) in [5, 5.41) is 22.2. The molecule has 3 atom stereocenters. The highest BCUT2D eigenvalue weighted by atomic mass is 19.1. The molecule has 3 N–H and O–H groups in total. The van der Waals surface area contributed by atoms with Gasteiger partial charge in [0, 0.05) is 12.8 Å². The number of ether oxygens (including phenoxy) is 1. The van der Waals surface area contributed by atoms with Crippen LogP contribution in [0.1, 0.15) is 52.2 Å². The summed E-state index contributed by atoms with van der Waals surface area (Å²) in [5.41, 5.74) is -0.745. The number of aromatic nitrogens is 4. The quantitative estimate of drug-likeness (QED) is 0.491. The molecule has 0 aromatic carbocycles. The second-order valence-electron chi connectivity index (χ2n) is 6.97. The second-order valence-corrected chi connectivity index (χ2v) is 6.97. The lowest BCUT2D eigenvalue weighted by atomic mass is 10.0. The number of anilines is 1. The molecular weight excluding hydrogens is 357 g/mol. The Hall–Kier alpha value is -2.17. The maximum Gasteiger partial charge on any atom is 0.312 e. The summed E-state index contributed by atoms with van der Waals surface area (Å²) in [6.45, 7) is 3.27. The molecule has 0 unspecified atom stereocenters. The van der Waals surface area contributed by atoms with Crippen LogP contribution in [0.4, 0.5) is 10.2 Å². The molecule has 3 rings (SSSR count). The summed E-state index contributed by atoms with van der Waals surface area (Å²) in [5.74, 6) is -0.265. The molecule has 3 heterocycles. The van der Waals surface area contributed by atoms with E-state index >= 15 is 0 Å². The average molecular weight is 381 g/mol. The fraction of sp³-hybridized carbons (Fsp3) is 0.647. The van der Waals surface area contributed by atoms with E-state index in [9.17, 15) is 19.4 Å². The minimum absolute atomic E-state index is 0.00112. The normalized spacial score (nSPS) is 25.2. The molecule has 1 aliphatic heterocycles. The van der Waals surface area contributed by atoms with Gasteiger partial charge in [0.25, 0.3) is 0 Å². The number of amides is 1. The van der Waals surface area contributed by atoms with E-state index in [1.165, 1.54) is 10.9 Å². The highest BCUT2D eigenvalue weighted by Crippen LogP contribution is 2.37. The summed E-state index contributed by atoms with van der Waals surface area (Å²) in [4.78, 5) is 23.7. The van der Waals surface area contributed by atoms with Crippen molar-refractivity contribution in [2.24, 2.45) is 0 Å². The van der Waals surface area contributed by atoms with E-state index in [4.69, 9.17) is 4.74 Å². The van der Waals surface area contributed by atoms with Crippen molar-refractivity contribution in [3.63, 3.8) is 0 Å². The largest absolute Gasteiger partial charge is 0.393 e. The summed E-state index contributed by atoms with van der Waals surface area (Å²) >= 11 is 0.